The van der Waals surface area contributed by atoms with Gasteiger partial charge in [-0.25, -0.2) is 0 Å². The number of nitrogens with zero attached hydrogens (tertiary/aromatic N) is 3. The van der Waals surface area contributed by atoms with Gasteiger partial charge in [-0.1, -0.05) is 35.0 Å². The number of likely N-dealkylation sites (N-methyl/N-ethyl adjacent to an activating group) is 1. The molecule has 0 atom stereocenters. The van der Waals surface area contributed by atoms with Crippen LogP contribution < -0.4 is 4.90 Å². The molecule has 1 aromatic carbocycles. The standard InChI is InChI=1S/C12H13N3O3/c1-8-3-5-9(6-4-8)11-13-12(18-14-11)15(2)7-10(16)17/h3-6H,7H2,1-2H3,(H,16,17). The molecule has 1 aromatic heterocycles. The summed E-state index contributed by atoms with van der Waals surface area (Å²) in [5.74, 6) is -0.505. The fourth-order valence-corrected chi connectivity index (χ4v) is 1.46. The van der Waals surface area contributed by atoms with Crippen LogP contribution in [0.5, 0.6) is 0 Å². The van der Waals surface area contributed by atoms with Crippen molar-refractivity contribution in [2.75, 3.05) is 18.5 Å². The van der Waals surface area contributed by atoms with E-state index in [4.69, 9.17) is 9.63 Å². The molecule has 18 heavy (non-hydrogen) atoms. The second-order valence-electron chi connectivity index (χ2n) is 4.02. The molecular weight excluding hydrogens is 234 g/mol. The Balaban J connectivity index is 2.19. The van der Waals surface area contributed by atoms with Crippen LogP contribution in [0, 0.1) is 6.92 Å². The van der Waals surface area contributed by atoms with Crippen molar-refractivity contribution in [3.05, 3.63) is 29.8 Å². The number of benzene rings is 1. The topological polar surface area (TPSA) is 79.5 Å². The van der Waals surface area contributed by atoms with Crippen LogP contribution in [0.15, 0.2) is 28.8 Å². The van der Waals surface area contributed by atoms with E-state index < -0.39 is 5.97 Å². The average Bonchev–Trinajstić information content (AvgIpc) is 2.78. The number of aliphatic carboxylic acids is 1. The smallest absolute Gasteiger partial charge is 0.324 e. The summed E-state index contributed by atoms with van der Waals surface area (Å²) >= 11 is 0. The molecule has 0 amide bonds. The van der Waals surface area contributed by atoms with Crippen LogP contribution in [0.1, 0.15) is 5.56 Å². The molecule has 0 spiro atoms. The van der Waals surface area contributed by atoms with E-state index in [0.717, 1.165) is 11.1 Å². The molecule has 1 heterocycles. The van der Waals surface area contributed by atoms with Gasteiger partial charge in [0, 0.05) is 12.6 Å². The lowest BCUT2D eigenvalue weighted by molar-refractivity contribution is -0.135. The molecule has 0 aliphatic carbocycles. The largest absolute Gasteiger partial charge is 0.480 e. The van der Waals surface area contributed by atoms with Crippen LogP contribution in [0.25, 0.3) is 11.4 Å². The van der Waals surface area contributed by atoms with E-state index in [9.17, 15) is 4.79 Å². The third-order valence-corrected chi connectivity index (χ3v) is 2.42. The van der Waals surface area contributed by atoms with Crippen molar-refractivity contribution in [3.8, 4) is 11.4 Å². The first-order valence-corrected chi connectivity index (χ1v) is 5.40. The minimum absolute atomic E-state index is 0.185. The van der Waals surface area contributed by atoms with E-state index in [1.165, 1.54) is 4.90 Å². The number of aromatic nitrogens is 2. The second-order valence-corrected chi connectivity index (χ2v) is 4.02. The zero-order chi connectivity index (χ0) is 13.1. The third kappa shape index (κ3) is 2.65. The molecular formula is C12H13N3O3. The Morgan fingerprint density at radius 3 is 2.67 bits per heavy atom. The number of hydrogen-bond donors (Lipinski definition) is 1. The van der Waals surface area contributed by atoms with Gasteiger partial charge in [-0.2, -0.15) is 4.98 Å². The zero-order valence-corrected chi connectivity index (χ0v) is 10.1. The molecule has 0 saturated carbocycles. The van der Waals surface area contributed by atoms with E-state index >= 15 is 0 Å². The molecule has 6 heteroatoms. The summed E-state index contributed by atoms with van der Waals surface area (Å²) < 4.78 is 5.01. The maximum atomic E-state index is 10.6. The van der Waals surface area contributed by atoms with Crippen LogP contribution in [0.2, 0.25) is 0 Å². The fraction of sp³-hybridized carbons (Fsp3) is 0.250. The molecule has 2 aromatic rings. The maximum absolute atomic E-state index is 10.6. The fourth-order valence-electron chi connectivity index (χ4n) is 1.46. The lowest BCUT2D eigenvalue weighted by Gasteiger charge is -2.08. The molecule has 94 valence electrons. The van der Waals surface area contributed by atoms with Crippen molar-refractivity contribution < 1.29 is 14.4 Å². The number of carboxylic acid groups (broad SMARTS) is 1. The number of carbonyl (C=O) groups is 1. The quantitative estimate of drug-likeness (QED) is 0.883. The van der Waals surface area contributed by atoms with Gasteiger partial charge in [0.2, 0.25) is 5.82 Å². The van der Waals surface area contributed by atoms with Crippen molar-refractivity contribution in [1.29, 1.82) is 0 Å². The lowest BCUT2D eigenvalue weighted by Crippen LogP contribution is -2.25. The van der Waals surface area contributed by atoms with E-state index in [0.29, 0.717) is 5.82 Å². The number of hydrogen-bond acceptors (Lipinski definition) is 5. The minimum atomic E-state index is -0.951. The SMILES string of the molecule is Cc1ccc(-c2noc(N(C)CC(=O)O)n2)cc1. The van der Waals surface area contributed by atoms with Gasteiger partial charge in [0.25, 0.3) is 0 Å². The van der Waals surface area contributed by atoms with Gasteiger partial charge < -0.3 is 14.5 Å². The minimum Gasteiger partial charge on any atom is -0.480 e. The highest BCUT2D eigenvalue weighted by Crippen LogP contribution is 2.19. The van der Waals surface area contributed by atoms with Gasteiger partial charge in [0.1, 0.15) is 6.54 Å². The van der Waals surface area contributed by atoms with Crippen LogP contribution in [0.4, 0.5) is 6.01 Å². The summed E-state index contributed by atoms with van der Waals surface area (Å²) in [4.78, 5) is 16.1. The Labute approximate surface area is 104 Å². The molecule has 2 rings (SSSR count). The highest BCUT2D eigenvalue weighted by atomic mass is 16.5. The maximum Gasteiger partial charge on any atom is 0.324 e. The van der Waals surface area contributed by atoms with Crippen LogP contribution >= 0.6 is 0 Å². The van der Waals surface area contributed by atoms with Gasteiger partial charge >= 0.3 is 12.0 Å². The Bertz CT molecular complexity index is 548. The van der Waals surface area contributed by atoms with Crippen LogP contribution in [-0.2, 0) is 4.79 Å². The van der Waals surface area contributed by atoms with Crippen LogP contribution in [0.3, 0.4) is 0 Å². The van der Waals surface area contributed by atoms with Gasteiger partial charge in [-0.3, -0.25) is 4.79 Å². The monoisotopic (exact) mass is 247 g/mol. The van der Waals surface area contributed by atoms with Gasteiger partial charge in [-0.05, 0) is 6.92 Å². The van der Waals surface area contributed by atoms with Gasteiger partial charge in [0.15, 0.2) is 0 Å². The van der Waals surface area contributed by atoms with Gasteiger partial charge in [0.05, 0.1) is 0 Å². The highest BCUT2D eigenvalue weighted by molar-refractivity contribution is 5.72. The van der Waals surface area contributed by atoms with E-state index in [-0.39, 0.29) is 12.6 Å². The Kier molecular flexibility index (Phi) is 3.27. The Hall–Kier alpha value is -2.37. The summed E-state index contributed by atoms with van der Waals surface area (Å²) in [5, 5.41) is 12.5. The molecule has 0 radical (unpaired) electrons. The Morgan fingerprint density at radius 1 is 1.39 bits per heavy atom. The zero-order valence-electron chi connectivity index (χ0n) is 10.1. The van der Waals surface area contributed by atoms with E-state index in [1.807, 2.05) is 31.2 Å². The molecule has 6 nitrogen and oxygen atoms in total. The van der Waals surface area contributed by atoms with E-state index in [1.54, 1.807) is 7.05 Å². The molecule has 0 saturated heterocycles. The molecule has 0 aliphatic rings. The van der Waals surface area contributed by atoms with Crippen molar-refractivity contribution in [2.24, 2.45) is 0 Å². The van der Waals surface area contributed by atoms with Crippen molar-refractivity contribution in [2.45, 2.75) is 6.92 Å². The average molecular weight is 247 g/mol. The first-order valence-electron chi connectivity index (χ1n) is 5.40. The van der Waals surface area contributed by atoms with Crippen molar-refractivity contribution in [3.63, 3.8) is 0 Å². The second kappa shape index (κ2) is 4.87. The number of rotatable bonds is 4. The first-order chi connectivity index (χ1) is 8.56. The predicted octanol–water partition coefficient (Wildman–Crippen LogP) is 1.57. The third-order valence-electron chi connectivity index (χ3n) is 2.42. The van der Waals surface area contributed by atoms with Crippen LogP contribution in [-0.4, -0.2) is 34.8 Å². The lowest BCUT2D eigenvalue weighted by atomic mass is 10.1. The summed E-state index contributed by atoms with van der Waals surface area (Å²) in [6.07, 6.45) is 0. The van der Waals surface area contributed by atoms with E-state index in [2.05, 4.69) is 10.1 Å². The highest BCUT2D eigenvalue weighted by Gasteiger charge is 2.14. The molecule has 0 aliphatic heterocycles. The summed E-state index contributed by atoms with van der Waals surface area (Å²) in [6, 6.07) is 7.87. The van der Waals surface area contributed by atoms with Crippen molar-refractivity contribution in [1.82, 2.24) is 10.1 Å². The summed E-state index contributed by atoms with van der Waals surface area (Å²) in [5.41, 5.74) is 1.98. The molecule has 0 fully saturated rings. The summed E-state index contributed by atoms with van der Waals surface area (Å²) in [6.45, 7) is 1.81. The first kappa shape index (κ1) is 12.1. The predicted molar refractivity (Wildman–Crippen MR) is 65.4 cm³/mol. The molecule has 0 unspecified atom stereocenters. The number of anilines is 1. The molecule has 1 N–H and O–H groups in total. The Morgan fingerprint density at radius 2 is 2.06 bits per heavy atom. The number of aryl methyl sites for hydroxylation is 1. The summed E-state index contributed by atoms with van der Waals surface area (Å²) in [7, 11) is 1.58. The number of carboxylic acids is 1. The van der Waals surface area contributed by atoms with Gasteiger partial charge in [-0.15, -0.1) is 0 Å². The normalized spacial score (nSPS) is 10.3. The molecule has 0 bridgehead atoms. The van der Waals surface area contributed by atoms with Crippen molar-refractivity contribution >= 4 is 12.0 Å².